The third-order valence-corrected chi connectivity index (χ3v) is 4.20. The number of hydrogen-bond acceptors (Lipinski definition) is 6. The molecule has 31 heavy (non-hydrogen) atoms. The van der Waals surface area contributed by atoms with Gasteiger partial charge in [-0.25, -0.2) is 4.39 Å². The van der Waals surface area contributed by atoms with E-state index in [0.29, 0.717) is 5.56 Å². The van der Waals surface area contributed by atoms with Crippen molar-refractivity contribution in [1.29, 1.82) is 0 Å². The summed E-state index contributed by atoms with van der Waals surface area (Å²) in [5.41, 5.74) is -0.662. The highest BCUT2D eigenvalue weighted by Gasteiger charge is 2.23. The maximum absolute atomic E-state index is 13.3. The van der Waals surface area contributed by atoms with E-state index < -0.39 is 22.6 Å². The molecular formula is C23H26FN3O4. The Hall–Kier alpha value is -3.68. The van der Waals surface area contributed by atoms with E-state index in [4.69, 9.17) is 0 Å². The lowest BCUT2D eigenvalue weighted by Gasteiger charge is -2.17. The van der Waals surface area contributed by atoms with Crippen molar-refractivity contribution < 1.29 is 14.3 Å². The van der Waals surface area contributed by atoms with Crippen LogP contribution in [0.15, 0.2) is 52.1 Å². The zero-order valence-corrected chi connectivity index (χ0v) is 18.0. The number of carbonyl (C=O) groups is 1. The quantitative estimate of drug-likeness (QED) is 0.411. The van der Waals surface area contributed by atoms with Crippen LogP contribution in [0, 0.1) is 5.82 Å². The number of nitrogens with zero attached hydrogens (tertiary/aromatic N) is 1. The van der Waals surface area contributed by atoms with Crippen molar-refractivity contribution in [2.75, 3.05) is 24.7 Å². The minimum Gasteiger partial charge on any atom is -0.505 e. The molecule has 0 fully saturated rings. The van der Waals surface area contributed by atoms with Gasteiger partial charge in [0.25, 0.3) is 16.8 Å². The maximum atomic E-state index is 13.3. The predicted molar refractivity (Wildman–Crippen MR) is 120 cm³/mol. The minimum absolute atomic E-state index is 0.0221. The number of aromatic hydroxyl groups is 1. The van der Waals surface area contributed by atoms with E-state index in [9.17, 15) is 23.9 Å². The molecular weight excluding hydrogens is 401 g/mol. The van der Waals surface area contributed by atoms with Gasteiger partial charge in [0.1, 0.15) is 17.2 Å². The molecule has 0 radical (unpaired) electrons. The number of phenols is 1. The lowest BCUT2D eigenvalue weighted by Crippen LogP contribution is -2.36. The Labute approximate surface area is 179 Å². The summed E-state index contributed by atoms with van der Waals surface area (Å²) in [6, 6.07) is 10.3. The summed E-state index contributed by atoms with van der Waals surface area (Å²) in [6.07, 6.45) is 1.25. The third-order valence-electron chi connectivity index (χ3n) is 4.20. The first kappa shape index (κ1) is 23.6. The first-order valence-corrected chi connectivity index (χ1v) is 9.83. The van der Waals surface area contributed by atoms with E-state index in [1.54, 1.807) is 32.3 Å². The first-order chi connectivity index (χ1) is 14.7. The van der Waals surface area contributed by atoms with Gasteiger partial charge in [-0.3, -0.25) is 14.4 Å². The molecule has 0 aliphatic heterocycles. The molecule has 0 aliphatic rings. The van der Waals surface area contributed by atoms with Gasteiger partial charge in [0.15, 0.2) is 5.75 Å². The van der Waals surface area contributed by atoms with Crippen LogP contribution >= 0.6 is 0 Å². The van der Waals surface area contributed by atoms with Gasteiger partial charge in [-0.2, -0.15) is 0 Å². The van der Waals surface area contributed by atoms with Crippen LogP contribution in [0.4, 0.5) is 21.5 Å². The summed E-state index contributed by atoms with van der Waals surface area (Å²) in [7, 11) is 3.10. The molecule has 0 saturated heterocycles. The second kappa shape index (κ2) is 10.4. The summed E-state index contributed by atoms with van der Waals surface area (Å²) in [6.45, 7) is 4.39. The summed E-state index contributed by atoms with van der Waals surface area (Å²) in [5, 5.41) is 15.9. The van der Waals surface area contributed by atoms with E-state index in [0.717, 1.165) is 0 Å². The largest absolute Gasteiger partial charge is 0.505 e. The fourth-order valence-corrected chi connectivity index (χ4v) is 2.71. The molecule has 1 amide bonds. The Kier molecular flexibility index (Phi) is 7.90. The number of carbonyl (C=O) groups excluding carboxylic acids is 1. The smallest absolute Gasteiger partial charge is 0.257 e. The van der Waals surface area contributed by atoms with Gasteiger partial charge in [0, 0.05) is 20.6 Å². The van der Waals surface area contributed by atoms with Gasteiger partial charge < -0.3 is 20.6 Å². The lowest BCUT2D eigenvalue weighted by atomic mass is 10.1. The molecule has 3 aromatic carbocycles. The van der Waals surface area contributed by atoms with Gasteiger partial charge in [0.05, 0.1) is 11.3 Å². The summed E-state index contributed by atoms with van der Waals surface area (Å²) >= 11 is 0. The standard InChI is InChI=1S/C20H18FN3O4.C3H8/c1-24(2)20(28)13-7-4-8-14(17(13)25)23-16-15(18(26)19(16)27)22-10-11-5-3-6-12(21)9-11;1-3-2/h3-9,22-23,25H,10H2,1-2H3;3H2,1-2H3. The number of amides is 1. The Bertz CT molecular complexity index is 1130. The maximum Gasteiger partial charge on any atom is 0.257 e. The molecule has 3 N–H and O–H groups in total. The van der Waals surface area contributed by atoms with E-state index >= 15 is 0 Å². The molecule has 0 aliphatic carbocycles. The lowest BCUT2D eigenvalue weighted by molar-refractivity contribution is 0.0824. The average molecular weight is 427 g/mol. The van der Waals surface area contributed by atoms with Crippen LogP contribution in [0.2, 0.25) is 0 Å². The summed E-state index contributed by atoms with van der Waals surface area (Å²) in [5.74, 6) is -1.14. The SMILES string of the molecule is CCC.CN(C)C(=O)c1cccc(Nc2c(NCc3cccc(F)c3)c(=O)c2=O)c1O. The van der Waals surface area contributed by atoms with Gasteiger partial charge in [-0.1, -0.05) is 38.5 Å². The van der Waals surface area contributed by atoms with Gasteiger partial charge in [0.2, 0.25) is 0 Å². The van der Waals surface area contributed by atoms with Crippen molar-refractivity contribution in [3.8, 4) is 5.75 Å². The van der Waals surface area contributed by atoms with Crippen molar-refractivity contribution >= 4 is 23.0 Å². The Morgan fingerprint density at radius 2 is 1.65 bits per heavy atom. The highest BCUT2D eigenvalue weighted by atomic mass is 19.1. The van der Waals surface area contributed by atoms with E-state index in [2.05, 4.69) is 24.5 Å². The number of halogens is 1. The Balaban J connectivity index is 0.00000107. The topological polar surface area (TPSA) is 98.7 Å². The molecule has 0 atom stereocenters. The number of benzene rings is 2. The number of nitrogens with one attached hydrogen (secondary N) is 2. The molecule has 7 nitrogen and oxygen atoms in total. The van der Waals surface area contributed by atoms with Crippen molar-refractivity contribution in [3.63, 3.8) is 0 Å². The van der Waals surface area contributed by atoms with Crippen LogP contribution < -0.4 is 21.5 Å². The van der Waals surface area contributed by atoms with Crippen LogP contribution in [0.25, 0.3) is 0 Å². The van der Waals surface area contributed by atoms with Gasteiger partial charge in [-0.15, -0.1) is 0 Å². The van der Waals surface area contributed by atoms with E-state index in [-0.39, 0.29) is 34.9 Å². The molecule has 8 heteroatoms. The zero-order valence-electron chi connectivity index (χ0n) is 18.0. The second-order valence-electron chi connectivity index (χ2n) is 7.13. The second-order valence-corrected chi connectivity index (χ2v) is 7.13. The molecule has 0 aromatic heterocycles. The monoisotopic (exact) mass is 427 g/mol. The molecule has 0 unspecified atom stereocenters. The fraction of sp³-hybridized carbons (Fsp3) is 0.261. The van der Waals surface area contributed by atoms with Crippen LogP contribution in [0.1, 0.15) is 36.2 Å². The Morgan fingerprint density at radius 1 is 1.03 bits per heavy atom. The van der Waals surface area contributed by atoms with Crippen molar-refractivity contribution in [2.45, 2.75) is 26.8 Å². The van der Waals surface area contributed by atoms with Crippen LogP contribution in [0.3, 0.4) is 0 Å². The van der Waals surface area contributed by atoms with Crippen molar-refractivity contribution in [1.82, 2.24) is 4.90 Å². The van der Waals surface area contributed by atoms with Crippen LogP contribution in [0.5, 0.6) is 5.75 Å². The molecule has 3 aromatic rings. The van der Waals surface area contributed by atoms with Crippen molar-refractivity contribution in [3.05, 3.63) is 79.9 Å². The van der Waals surface area contributed by atoms with Gasteiger partial charge in [-0.05, 0) is 29.8 Å². The fourth-order valence-electron chi connectivity index (χ4n) is 2.71. The number of phenolic OH excluding ortho intramolecular Hbond substituents is 1. The minimum atomic E-state index is -0.745. The molecule has 0 spiro atoms. The van der Waals surface area contributed by atoms with E-state index in [1.165, 1.54) is 35.6 Å². The molecule has 3 rings (SSSR count). The number of rotatable bonds is 6. The normalized spacial score (nSPS) is 10.2. The number of anilines is 3. The molecule has 164 valence electrons. The third kappa shape index (κ3) is 5.48. The van der Waals surface area contributed by atoms with Crippen molar-refractivity contribution in [2.24, 2.45) is 0 Å². The Morgan fingerprint density at radius 3 is 2.26 bits per heavy atom. The number of hydrogen-bond donors (Lipinski definition) is 3. The van der Waals surface area contributed by atoms with E-state index in [1.807, 2.05) is 0 Å². The molecule has 0 bridgehead atoms. The predicted octanol–water partition coefficient (Wildman–Crippen LogP) is 3.60. The summed E-state index contributed by atoms with van der Waals surface area (Å²) < 4.78 is 13.3. The summed E-state index contributed by atoms with van der Waals surface area (Å²) in [4.78, 5) is 37.3. The molecule has 0 saturated carbocycles. The first-order valence-electron chi connectivity index (χ1n) is 9.83. The molecule has 0 heterocycles. The van der Waals surface area contributed by atoms with Crippen LogP contribution in [-0.4, -0.2) is 30.0 Å². The number of para-hydroxylation sites is 1. The average Bonchev–Trinajstić information content (AvgIpc) is 2.74. The zero-order chi connectivity index (χ0) is 23.1. The highest BCUT2D eigenvalue weighted by molar-refractivity contribution is 5.99. The van der Waals surface area contributed by atoms with Crippen LogP contribution in [-0.2, 0) is 6.54 Å². The van der Waals surface area contributed by atoms with Gasteiger partial charge >= 0.3 is 0 Å². The highest BCUT2D eigenvalue weighted by Crippen LogP contribution is 2.32.